The Labute approximate surface area is 110 Å². The van der Waals surface area contributed by atoms with E-state index in [1.807, 2.05) is 0 Å². The van der Waals surface area contributed by atoms with Gasteiger partial charge in [0.25, 0.3) is 5.91 Å². The van der Waals surface area contributed by atoms with E-state index in [1.165, 1.54) is 17.0 Å². The predicted octanol–water partition coefficient (Wildman–Crippen LogP) is 2.07. The summed E-state index contributed by atoms with van der Waals surface area (Å²) in [5.74, 6) is -1.93. The molecular formula is C14H16FNO3. The van der Waals surface area contributed by atoms with Crippen LogP contribution >= 0.6 is 0 Å². The topological polar surface area (TPSA) is 57.6 Å². The molecule has 2 rings (SSSR count). The molecule has 5 heteroatoms. The first-order valence-corrected chi connectivity index (χ1v) is 6.12. The van der Waals surface area contributed by atoms with Crippen molar-refractivity contribution in [2.75, 3.05) is 13.1 Å². The first-order chi connectivity index (χ1) is 8.83. The molecule has 0 aliphatic carbocycles. The number of aryl methyl sites for hydroxylation is 1. The van der Waals surface area contributed by atoms with E-state index in [0.717, 1.165) is 5.56 Å². The summed E-state index contributed by atoms with van der Waals surface area (Å²) < 4.78 is 13.7. The largest absolute Gasteiger partial charge is 0.481 e. The summed E-state index contributed by atoms with van der Waals surface area (Å²) in [4.78, 5) is 24.8. The normalized spacial score (nSPS) is 22.6. The van der Waals surface area contributed by atoms with Crippen LogP contribution in [0.25, 0.3) is 0 Å². The number of rotatable bonds is 2. The number of halogens is 1. The Morgan fingerprint density at radius 2 is 2.11 bits per heavy atom. The predicted molar refractivity (Wildman–Crippen MR) is 67.4 cm³/mol. The van der Waals surface area contributed by atoms with Crippen LogP contribution in [0.1, 0.15) is 29.3 Å². The van der Waals surface area contributed by atoms with Gasteiger partial charge < -0.3 is 10.0 Å². The molecule has 1 saturated heterocycles. The van der Waals surface area contributed by atoms with Gasteiger partial charge in [-0.1, -0.05) is 11.6 Å². The van der Waals surface area contributed by atoms with E-state index in [0.29, 0.717) is 13.0 Å². The van der Waals surface area contributed by atoms with Gasteiger partial charge in [-0.3, -0.25) is 9.59 Å². The minimum Gasteiger partial charge on any atom is -0.481 e. The molecule has 1 aromatic rings. The SMILES string of the molecule is Cc1ccc(F)c(C(=O)N2CC[C@@](C)(C(=O)O)C2)c1. The number of hydrogen-bond donors (Lipinski definition) is 1. The summed E-state index contributed by atoms with van der Waals surface area (Å²) in [6.07, 6.45) is 0.390. The van der Waals surface area contributed by atoms with Gasteiger partial charge in [-0.15, -0.1) is 0 Å². The number of benzene rings is 1. The van der Waals surface area contributed by atoms with Crippen LogP contribution in [0.3, 0.4) is 0 Å². The van der Waals surface area contributed by atoms with Crippen molar-refractivity contribution in [1.29, 1.82) is 0 Å². The number of carboxylic acid groups (broad SMARTS) is 1. The molecule has 1 atom stereocenters. The molecule has 19 heavy (non-hydrogen) atoms. The zero-order valence-corrected chi connectivity index (χ0v) is 10.9. The molecule has 1 aliphatic heterocycles. The second-order valence-corrected chi connectivity index (χ2v) is 5.33. The molecule has 1 fully saturated rings. The molecule has 1 aliphatic rings. The molecule has 102 valence electrons. The van der Waals surface area contributed by atoms with Gasteiger partial charge in [-0.05, 0) is 32.4 Å². The summed E-state index contributed by atoms with van der Waals surface area (Å²) in [6.45, 7) is 3.85. The van der Waals surface area contributed by atoms with E-state index in [2.05, 4.69) is 0 Å². The molecule has 0 saturated carbocycles. The maximum absolute atomic E-state index is 13.7. The van der Waals surface area contributed by atoms with Gasteiger partial charge in [0, 0.05) is 13.1 Å². The van der Waals surface area contributed by atoms with E-state index >= 15 is 0 Å². The highest BCUT2D eigenvalue weighted by atomic mass is 19.1. The van der Waals surface area contributed by atoms with Gasteiger partial charge in [0.05, 0.1) is 11.0 Å². The van der Waals surface area contributed by atoms with Crippen LogP contribution in [0.2, 0.25) is 0 Å². The van der Waals surface area contributed by atoms with E-state index in [1.54, 1.807) is 19.9 Å². The summed E-state index contributed by atoms with van der Waals surface area (Å²) in [5.41, 5.74) is -0.129. The molecule has 0 aromatic heterocycles. The average Bonchev–Trinajstić information content (AvgIpc) is 2.76. The quantitative estimate of drug-likeness (QED) is 0.890. The Hall–Kier alpha value is -1.91. The monoisotopic (exact) mass is 265 g/mol. The third-order valence-electron chi connectivity index (χ3n) is 3.63. The highest BCUT2D eigenvalue weighted by Gasteiger charge is 2.42. The fourth-order valence-corrected chi connectivity index (χ4v) is 2.28. The smallest absolute Gasteiger partial charge is 0.311 e. The minimum absolute atomic E-state index is 0.00892. The third kappa shape index (κ3) is 2.45. The lowest BCUT2D eigenvalue weighted by Gasteiger charge is -2.20. The van der Waals surface area contributed by atoms with Crippen molar-refractivity contribution in [1.82, 2.24) is 4.90 Å². The van der Waals surface area contributed by atoms with Gasteiger partial charge in [-0.25, -0.2) is 4.39 Å². The third-order valence-corrected chi connectivity index (χ3v) is 3.63. The Morgan fingerprint density at radius 1 is 1.42 bits per heavy atom. The van der Waals surface area contributed by atoms with Crippen LogP contribution in [-0.2, 0) is 4.79 Å². The number of nitrogens with zero attached hydrogens (tertiary/aromatic N) is 1. The molecule has 1 amide bonds. The van der Waals surface area contributed by atoms with Crippen LogP contribution < -0.4 is 0 Å². The van der Waals surface area contributed by atoms with Crippen LogP contribution in [0.4, 0.5) is 4.39 Å². The number of amides is 1. The van der Waals surface area contributed by atoms with E-state index < -0.39 is 23.1 Å². The second-order valence-electron chi connectivity index (χ2n) is 5.33. The van der Waals surface area contributed by atoms with Crippen molar-refractivity contribution in [2.24, 2.45) is 5.41 Å². The number of hydrogen-bond acceptors (Lipinski definition) is 2. The van der Waals surface area contributed by atoms with Gasteiger partial charge in [0.1, 0.15) is 5.82 Å². The maximum atomic E-state index is 13.7. The fraction of sp³-hybridized carbons (Fsp3) is 0.429. The molecule has 0 unspecified atom stereocenters. The van der Waals surface area contributed by atoms with Crippen molar-refractivity contribution < 1.29 is 19.1 Å². The Balaban J connectivity index is 2.22. The van der Waals surface area contributed by atoms with Crippen molar-refractivity contribution in [3.8, 4) is 0 Å². The Bertz CT molecular complexity index is 543. The van der Waals surface area contributed by atoms with Crippen LogP contribution in [0, 0.1) is 18.2 Å². The van der Waals surface area contributed by atoms with Crippen molar-refractivity contribution in [2.45, 2.75) is 20.3 Å². The fourth-order valence-electron chi connectivity index (χ4n) is 2.28. The van der Waals surface area contributed by atoms with Crippen molar-refractivity contribution in [3.63, 3.8) is 0 Å². The van der Waals surface area contributed by atoms with Crippen molar-refractivity contribution in [3.05, 3.63) is 35.1 Å². The zero-order chi connectivity index (χ0) is 14.2. The number of likely N-dealkylation sites (tertiary alicyclic amines) is 1. The number of carboxylic acids is 1. The Morgan fingerprint density at radius 3 is 2.68 bits per heavy atom. The maximum Gasteiger partial charge on any atom is 0.311 e. The molecule has 0 radical (unpaired) electrons. The van der Waals surface area contributed by atoms with E-state index in [9.17, 15) is 14.0 Å². The highest BCUT2D eigenvalue weighted by Crippen LogP contribution is 2.31. The highest BCUT2D eigenvalue weighted by molar-refractivity contribution is 5.95. The second kappa shape index (κ2) is 4.64. The van der Waals surface area contributed by atoms with Gasteiger partial charge in [0.2, 0.25) is 0 Å². The lowest BCUT2D eigenvalue weighted by Crippen LogP contribution is -2.35. The lowest BCUT2D eigenvalue weighted by molar-refractivity contribution is -0.147. The lowest BCUT2D eigenvalue weighted by atomic mass is 9.90. The summed E-state index contributed by atoms with van der Waals surface area (Å²) in [6, 6.07) is 4.35. The molecule has 1 aromatic carbocycles. The molecule has 0 spiro atoms. The standard InChI is InChI=1S/C14H16FNO3/c1-9-3-4-11(15)10(7-9)12(17)16-6-5-14(2,8-16)13(18)19/h3-4,7H,5-6,8H2,1-2H3,(H,18,19)/t14-/m1/s1. The summed E-state index contributed by atoms with van der Waals surface area (Å²) in [5, 5.41) is 9.13. The first kappa shape index (κ1) is 13.5. The van der Waals surface area contributed by atoms with Gasteiger partial charge >= 0.3 is 5.97 Å². The molecular weight excluding hydrogens is 249 g/mol. The number of carbonyl (C=O) groups excluding carboxylic acids is 1. The van der Waals surface area contributed by atoms with Crippen LogP contribution in [-0.4, -0.2) is 35.0 Å². The van der Waals surface area contributed by atoms with E-state index in [4.69, 9.17) is 5.11 Å². The van der Waals surface area contributed by atoms with Gasteiger partial charge in [0.15, 0.2) is 0 Å². The first-order valence-electron chi connectivity index (χ1n) is 6.12. The Kier molecular flexibility index (Phi) is 3.30. The van der Waals surface area contributed by atoms with E-state index in [-0.39, 0.29) is 12.1 Å². The summed E-state index contributed by atoms with van der Waals surface area (Å²) in [7, 11) is 0. The molecule has 1 N–H and O–H groups in total. The van der Waals surface area contributed by atoms with Gasteiger partial charge in [-0.2, -0.15) is 0 Å². The minimum atomic E-state index is -0.935. The van der Waals surface area contributed by atoms with Crippen molar-refractivity contribution >= 4 is 11.9 Å². The average molecular weight is 265 g/mol. The molecule has 4 nitrogen and oxygen atoms in total. The van der Waals surface area contributed by atoms with Crippen LogP contribution in [0.15, 0.2) is 18.2 Å². The summed E-state index contributed by atoms with van der Waals surface area (Å²) >= 11 is 0. The zero-order valence-electron chi connectivity index (χ0n) is 10.9. The number of aliphatic carboxylic acids is 1. The number of carbonyl (C=O) groups is 2. The molecule has 1 heterocycles. The van der Waals surface area contributed by atoms with Crippen LogP contribution in [0.5, 0.6) is 0 Å². The molecule has 0 bridgehead atoms.